The fourth-order valence-corrected chi connectivity index (χ4v) is 6.66. The maximum absolute atomic E-state index is 12.8. The van der Waals surface area contributed by atoms with Crippen LogP contribution in [0.4, 0.5) is 16.6 Å². The number of hydrogen-bond acceptors (Lipinski definition) is 10. The van der Waals surface area contributed by atoms with Gasteiger partial charge in [-0.1, -0.05) is 18.2 Å². The van der Waals surface area contributed by atoms with E-state index in [2.05, 4.69) is 26.3 Å². The van der Waals surface area contributed by atoms with Crippen molar-refractivity contribution in [1.29, 1.82) is 0 Å². The van der Waals surface area contributed by atoms with Crippen molar-refractivity contribution in [3.8, 4) is 17.0 Å². The molecule has 3 aliphatic rings. The summed E-state index contributed by atoms with van der Waals surface area (Å²) in [5.74, 6) is 1.20. The molecule has 0 saturated carbocycles. The summed E-state index contributed by atoms with van der Waals surface area (Å²) in [5.41, 5.74) is 10.4. The van der Waals surface area contributed by atoms with Crippen molar-refractivity contribution in [2.24, 2.45) is 0 Å². The predicted molar refractivity (Wildman–Crippen MR) is 167 cm³/mol. The second kappa shape index (κ2) is 10.8. The summed E-state index contributed by atoms with van der Waals surface area (Å²) in [4.78, 5) is 26.4. The van der Waals surface area contributed by atoms with Gasteiger partial charge in [0, 0.05) is 42.7 Å². The van der Waals surface area contributed by atoms with E-state index >= 15 is 0 Å². The average Bonchev–Trinajstić information content (AvgIpc) is 3.48. The van der Waals surface area contributed by atoms with E-state index in [4.69, 9.17) is 20.4 Å². The summed E-state index contributed by atoms with van der Waals surface area (Å²) in [6.45, 7) is 7.25. The van der Waals surface area contributed by atoms with Gasteiger partial charge in [-0.15, -0.1) is 10.2 Å². The van der Waals surface area contributed by atoms with Gasteiger partial charge in [0.25, 0.3) is 0 Å². The molecule has 0 radical (unpaired) electrons. The Morgan fingerprint density at radius 2 is 1.77 bits per heavy atom. The number of phenolic OH excluding ortho intramolecular Hbond substituents is 1. The summed E-state index contributed by atoms with van der Waals surface area (Å²) < 4.78 is 7.62. The first-order valence-corrected chi connectivity index (χ1v) is 15.2. The van der Waals surface area contributed by atoms with Gasteiger partial charge in [-0.25, -0.2) is 14.8 Å². The normalized spacial score (nSPS) is 20.7. The number of benzene rings is 1. The minimum atomic E-state index is -0.510. The van der Waals surface area contributed by atoms with Gasteiger partial charge in [-0.3, -0.25) is 9.58 Å². The number of aromatic nitrogens is 6. The molecule has 44 heavy (non-hydrogen) atoms. The van der Waals surface area contributed by atoms with Gasteiger partial charge in [-0.05, 0) is 76.6 Å². The van der Waals surface area contributed by atoms with Crippen molar-refractivity contribution in [3.63, 3.8) is 0 Å². The Kier molecular flexibility index (Phi) is 6.86. The molecule has 2 saturated heterocycles. The molecule has 6 heterocycles. The third-order valence-corrected chi connectivity index (χ3v) is 8.76. The summed E-state index contributed by atoms with van der Waals surface area (Å²) in [7, 11) is 0. The SMILES string of the molecule is CC(C)(C)OC(=O)N1C2C=C(c3cnc(N4CCC(n5nc(N)c6nnc(-c7ccccc7O)cc65)CC4)nc3)CC1CC2. The highest BCUT2D eigenvalue weighted by Crippen LogP contribution is 2.39. The zero-order valence-corrected chi connectivity index (χ0v) is 25.2. The van der Waals surface area contributed by atoms with Crippen LogP contribution in [0.15, 0.2) is 48.8 Å². The molecule has 3 N–H and O–H groups in total. The molecular formula is C32H37N9O3. The number of nitrogens with zero attached hydrogens (tertiary/aromatic N) is 8. The smallest absolute Gasteiger partial charge is 0.411 e. The third-order valence-electron chi connectivity index (χ3n) is 8.76. The van der Waals surface area contributed by atoms with E-state index in [1.807, 2.05) is 60.9 Å². The van der Waals surface area contributed by atoms with Crippen molar-refractivity contribution in [2.45, 2.75) is 76.6 Å². The largest absolute Gasteiger partial charge is 0.507 e. The minimum absolute atomic E-state index is 0.0464. The number of amides is 1. The number of phenols is 1. The maximum atomic E-state index is 12.8. The molecule has 3 aromatic heterocycles. The van der Waals surface area contributed by atoms with Crippen LogP contribution in [0.25, 0.3) is 27.9 Å². The van der Waals surface area contributed by atoms with Crippen LogP contribution >= 0.6 is 0 Å². The Morgan fingerprint density at radius 3 is 2.48 bits per heavy atom. The number of nitrogens with two attached hydrogens (primary N) is 1. The zero-order valence-electron chi connectivity index (χ0n) is 25.2. The van der Waals surface area contributed by atoms with E-state index in [-0.39, 0.29) is 30.0 Å². The van der Waals surface area contributed by atoms with Crippen molar-refractivity contribution >= 4 is 34.5 Å². The van der Waals surface area contributed by atoms with Crippen LogP contribution < -0.4 is 10.6 Å². The zero-order chi connectivity index (χ0) is 30.6. The first-order valence-electron chi connectivity index (χ1n) is 15.2. The molecule has 0 spiro atoms. The van der Waals surface area contributed by atoms with Gasteiger partial charge in [0.2, 0.25) is 5.95 Å². The Labute approximate surface area is 255 Å². The van der Waals surface area contributed by atoms with Crippen LogP contribution in [0, 0.1) is 0 Å². The number of nitrogen functional groups attached to an aromatic ring is 1. The van der Waals surface area contributed by atoms with E-state index in [0.717, 1.165) is 56.3 Å². The van der Waals surface area contributed by atoms with Gasteiger partial charge in [0.05, 0.1) is 23.3 Å². The van der Waals surface area contributed by atoms with E-state index in [0.29, 0.717) is 28.5 Å². The highest BCUT2D eigenvalue weighted by atomic mass is 16.6. The van der Waals surface area contributed by atoms with Crippen molar-refractivity contribution in [3.05, 3.63) is 54.4 Å². The molecule has 228 valence electrons. The van der Waals surface area contributed by atoms with Gasteiger partial charge in [0.15, 0.2) is 11.3 Å². The van der Waals surface area contributed by atoms with E-state index in [9.17, 15) is 9.90 Å². The Balaban J connectivity index is 1.03. The maximum Gasteiger partial charge on any atom is 0.411 e. The molecule has 1 aromatic carbocycles. The lowest BCUT2D eigenvalue weighted by molar-refractivity contribution is 0.0175. The highest BCUT2D eigenvalue weighted by molar-refractivity contribution is 5.87. The van der Waals surface area contributed by atoms with Crippen LogP contribution in [0.3, 0.4) is 0 Å². The second-order valence-electron chi connectivity index (χ2n) is 12.9. The Hall–Kier alpha value is -4.74. The summed E-state index contributed by atoms with van der Waals surface area (Å²) in [5, 5.41) is 23.6. The molecule has 3 aliphatic heterocycles. The van der Waals surface area contributed by atoms with Crippen molar-refractivity contribution < 1.29 is 14.6 Å². The number of carbonyl (C=O) groups excluding carboxylic acids is 1. The van der Waals surface area contributed by atoms with Crippen LogP contribution in [0.1, 0.15) is 64.5 Å². The van der Waals surface area contributed by atoms with Gasteiger partial charge in [0.1, 0.15) is 11.4 Å². The molecule has 2 unspecified atom stereocenters. The Morgan fingerprint density at radius 1 is 1.02 bits per heavy atom. The number of fused-ring (bicyclic) bond motifs is 3. The Bertz CT molecular complexity index is 1740. The minimum Gasteiger partial charge on any atom is -0.507 e. The highest BCUT2D eigenvalue weighted by Gasteiger charge is 2.41. The quantitative estimate of drug-likeness (QED) is 0.331. The van der Waals surface area contributed by atoms with Crippen LogP contribution in [-0.4, -0.2) is 76.8 Å². The lowest BCUT2D eigenvalue weighted by Gasteiger charge is -2.35. The molecule has 4 aromatic rings. The molecule has 2 bridgehead atoms. The van der Waals surface area contributed by atoms with Crippen LogP contribution in [0.5, 0.6) is 5.75 Å². The van der Waals surface area contributed by atoms with E-state index in [1.165, 1.54) is 5.57 Å². The first-order chi connectivity index (χ1) is 21.1. The molecule has 1 amide bonds. The number of hydrogen-bond donors (Lipinski definition) is 2. The number of piperidine rings is 1. The molecule has 12 heteroatoms. The molecule has 2 fully saturated rings. The number of aromatic hydroxyl groups is 1. The number of para-hydroxylation sites is 1. The summed E-state index contributed by atoms with van der Waals surface area (Å²) in [6.07, 6.45) is 10.1. The lowest BCUT2D eigenvalue weighted by Crippen LogP contribution is -2.45. The lowest BCUT2D eigenvalue weighted by atomic mass is 9.97. The fourth-order valence-electron chi connectivity index (χ4n) is 6.66. The van der Waals surface area contributed by atoms with Gasteiger partial charge >= 0.3 is 6.09 Å². The summed E-state index contributed by atoms with van der Waals surface area (Å²) in [6, 6.07) is 9.28. The second-order valence-corrected chi connectivity index (χ2v) is 12.9. The molecule has 0 aliphatic carbocycles. The standard InChI is InChI=1S/C32H37N9O3/c1-32(2,3)44-31(43)40-22-8-9-23(40)15-19(14-22)20-17-34-30(35-18-20)39-12-10-21(11-13-39)41-26-16-25(24-6-4-5-7-27(24)42)36-37-28(26)29(33)38-41/h4-7,14,16-18,21-23,42H,8-13,15H2,1-3H3,(H2,33,38). The number of rotatable bonds is 4. The third kappa shape index (κ3) is 5.18. The topological polar surface area (TPSA) is 148 Å². The predicted octanol–water partition coefficient (Wildman–Crippen LogP) is 4.97. The average molecular weight is 596 g/mol. The monoisotopic (exact) mass is 595 g/mol. The van der Waals surface area contributed by atoms with Crippen LogP contribution in [-0.2, 0) is 4.74 Å². The first kappa shape index (κ1) is 28.1. The van der Waals surface area contributed by atoms with E-state index in [1.54, 1.807) is 12.1 Å². The molecule has 7 rings (SSSR count). The molecular weight excluding hydrogens is 558 g/mol. The fraction of sp³-hybridized carbons (Fsp3) is 0.438. The van der Waals surface area contributed by atoms with Crippen LogP contribution in [0.2, 0.25) is 0 Å². The summed E-state index contributed by atoms with van der Waals surface area (Å²) >= 11 is 0. The molecule has 12 nitrogen and oxygen atoms in total. The van der Waals surface area contributed by atoms with Gasteiger partial charge < -0.3 is 20.5 Å². The van der Waals surface area contributed by atoms with Crippen molar-refractivity contribution in [2.75, 3.05) is 23.7 Å². The van der Waals surface area contributed by atoms with E-state index < -0.39 is 5.60 Å². The number of ether oxygens (including phenoxy) is 1. The number of carbonyl (C=O) groups is 1. The number of anilines is 2. The van der Waals surface area contributed by atoms with Crippen molar-refractivity contribution in [1.82, 2.24) is 34.8 Å². The van der Waals surface area contributed by atoms with Gasteiger partial charge in [-0.2, -0.15) is 5.10 Å². The molecule has 2 atom stereocenters.